The van der Waals surface area contributed by atoms with E-state index in [2.05, 4.69) is 30.2 Å². The first-order valence-corrected chi connectivity index (χ1v) is 8.20. The van der Waals surface area contributed by atoms with Crippen LogP contribution in [0.25, 0.3) is 0 Å². The van der Waals surface area contributed by atoms with Crippen molar-refractivity contribution in [2.75, 3.05) is 4.72 Å². The second-order valence-electron chi connectivity index (χ2n) is 3.77. The minimum absolute atomic E-state index is 0.0813. The van der Waals surface area contributed by atoms with E-state index in [0.717, 1.165) is 17.6 Å². The normalized spacial score (nSPS) is 11.3. The van der Waals surface area contributed by atoms with E-state index < -0.39 is 16.0 Å². The van der Waals surface area contributed by atoms with Gasteiger partial charge in [0.1, 0.15) is 5.00 Å². The van der Waals surface area contributed by atoms with E-state index in [9.17, 15) is 13.2 Å². The molecule has 0 saturated heterocycles. The minimum atomic E-state index is -3.89. The van der Waals surface area contributed by atoms with E-state index in [1.54, 1.807) is 6.92 Å². The zero-order chi connectivity index (χ0) is 14.9. The lowest BCUT2D eigenvalue weighted by atomic mass is 10.1. The van der Waals surface area contributed by atoms with Gasteiger partial charge in [-0.05, 0) is 24.6 Å². The van der Waals surface area contributed by atoms with Crippen LogP contribution in [0.1, 0.15) is 15.9 Å². The predicted octanol–water partition coefficient (Wildman–Crippen LogP) is 2.11. The molecule has 1 aromatic heterocycles. The van der Waals surface area contributed by atoms with Gasteiger partial charge < -0.3 is 5.11 Å². The van der Waals surface area contributed by atoms with E-state index in [-0.39, 0.29) is 15.5 Å². The maximum atomic E-state index is 12.2. The van der Waals surface area contributed by atoms with Crippen LogP contribution >= 0.6 is 27.5 Å². The van der Waals surface area contributed by atoms with Gasteiger partial charge in [-0.3, -0.25) is 4.72 Å². The number of nitrogens with zero attached hydrogens (tertiary/aromatic N) is 2. The van der Waals surface area contributed by atoms with Crippen LogP contribution in [0, 0.1) is 6.92 Å². The quantitative estimate of drug-likeness (QED) is 0.844. The second-order valence-corrected chi connectivity index (χ2v) is 7.09. The first kappa shape index (κ1) is 14.9. The fourth-order valence-corrected chi connectivity index (χ4v) is 3.78. The van der Waals surface area contributed by atoms with Crippen LogP contribution in [0.4, 0.5) is 5.00 Å². The topological polar surface area (TPSA) is 109 Å². The van der Waals surface area contributed by atoms with Crippen molar-refractivity contribution < 1.29 is 18.3 Å². The van der Waals surface area contributed by atoms with Crippen molar-refractivity contribution in [2.24, 2.45) is 0 Å². The van der Waals surface area contributed by atoms with Gasteiger partial charge in [0.15, 0.2) is 0 Å². The standard InChI is InChI=1S/C10H8BrN3O4S2/c1-5-7(10(15)16)2-6(3-8(5)11)20(17,18)13-9-4-12-14-19-9/h2-4,13H,1H3,(H,15,16). The summed E-state index contributed by atoms with van der Waals surface area (Å²) in [6.07, 6.45) is 1.27. The third-order valence-corrected chi connectivity index (χ3v) is 5.33. The van der Waals surface area contributed by atoms with Gasteiger partial charge in [-0.15, -0.1) is 5.10 Å². The molecule has 0 bridgehead atoms. The van der Waals surface area contributed by atoms with Gasteiger partial charge in [0.25, 0.3) is 10.0 Å². The first-order chi connectivity index (χ1) is 9.31. The Kier molecular flexibility index (Phi) is 4.06. The summed E-state index contributed by atoms with van der Waals surface area (Å²) >= 11 is 4.04. The molecular weight excluding hydrogens is 370 g/mol. The van der Waals surface area contributed by atoms with Gasteiger partial charge in [-0.2, -0.15) is 0 Å². The summed E-state index contributed by atoms with van der Waals surface area (Å²) < 4.78 is 30.5. The number of halogens is 1. The summed E-state index contributed by atoms with van der Waals surface area (Å²) in [5.41, 5.74) is 0.373. The van der Waals surface area contributed by atoms with Gasteiger partial charge in [0, 0.05) is 16.0 Å². The Balaban J connectivity index is 2.49. The first-order valence-electron chi connectivity index (χ1n) is 5.15. The van der Waals surface area contributed by atoms with Crippen molar-refractivity contribution in [1.29, 1.82) is 0 Å². The third kappa shape index (κ3) is 2.97. The number of aromatic carboxylic acids is 1. The Labute approximate surface area is 127 Å². The fourth-order valence-electron chi connectivity index (χ4n) is 1.43. The molecule has 2 rings (SSSR count). The van der Waals surface area contributed by atoms with Crippen LogP contribution in [0.15, 0.2) is 27.7 Å². The molecule has 1 aromatic carbocycles. The van der Waals surface area contributed by atoms with Gasteiger partial charge in [-0.1, -0.05) is 20.4 Å². The summed E-state index contributed by atoms with van der Waals surface area (Å²) in [7, 11) is -3.89. The van der Waals surface area contributed by atoms with E-state index >= 15 is 0 Å². The van der Waals surface area contributed by atoms with Crippen LogP contribution in [-0.4, -0.2) is 29.1 Å². The van der Waals surface area contributed by atoms with Crippen LogP contribution in [0.3, 0.4) is 0 Å². The number of carbonyl (C=O) groups is 1. The largest absolute Gasteiger partial charge is 0.478 e. The van der Waals surface area contributed by atoms with Crippen molar-refractivity contribution in [3.63, 3.8) is 0 Å². The molecule has 20 heavy (non-hydrogen) atoms. The highest BCUT2D eigenvalue weighted by Crippen LogP contribution is 2.26. The number of hydrogen-bond acceptors (Lipinski definition) is 6. The highest BCUT2D eigenvalue weighted by atomic mass is 79.9. The molecule has 0 radical (unpaired) electrons. The molecule has 7 nitrogen and oxygen atoms in total. The zero-order valence-corrected chi connectivity index (χ0v) is 13.2. The highest BCUT2D eigenvalue weighted by Gasteiger charge is 2.20. The van der Waals surface area contributed by atoms with E-state index in [0.29, 0.717) is 10.0 Å². The number of rotatable bonds is 4. The molecule has 106 valence electrons. The van der Waals surface area contributed by atoms with Gasteiger partial charge >= 0.3 is 5.97 Å². The predicted molar refractivity (Wildman–Crippen MR) is 76.6 cm³/mol. The Hall–Kier alpha value is -1.52. The van der Waals surface area contributed by atoms with E-state index in [1.165, 1.54) is 12.3 Å². The number of anilines is 1. The molecule has 0 aliphatic heterocycles. The average Bonchev–Trinajstić information content (AvgIpc) is 2.83. The summed E-state index contributed by atoms with van der Waals surface area (Å²) in [4.78, 5) is 11.0. The lowest BCUT2D eigenvalue weighted by Gasteiger charge is -2.09. The zero-order valence-electron chi connectivity index (χ0n) is 9.99. The number of benzene rings is 1. The SMILES string of the molecule is Cc1c(Br)cc(S(=O)(=O)Nc2cnns2)cc1C(=O)O. The maximum Gasteiger partial charge on any atom is 0.336 e. The summed E-state index contributed by atoms with van der Waals surface area (Å²) in [5.74, 6) is -1.19. The van der Waals surface area contributed by atoms with Crippen molar-refractivity contribution in [1.82, 2.24) is 9.59 Å². The molecule has 0 unspecified atom stereocenters. The molecule has 0 aliphatic rings. The van der Waals surface area contributed by atoms with Crippen LogP contribution < -0.4 is 4.72 Å². The molecule has 1 heterocycles. The maximum absolute atomic E-state index is 12.2. The van der Waals surface area contributed by atoms with Crippen LogP contribution in [-0.2, 0) is 10.0 Å². The summed E-state index contributed by atoms with van der Waals surface area (Å²) in [6, 6.07) is 2.46. The number of carboxylic acids is 1. The van der Waals surface area contributed by atoms with Crippen LogP contribution in [0.5, 0.6) is 0 Å². The molecule has 10 heteroatoms. The second kappa shape index (κ2) is 5.46. The smallest absolute Gasteiger partial charge is 0.336 e. The lowest BCUT2D eigenvalue weighted by molar-refractivity contribution is 0.0695. The molecule has 0 amide bonds. The number of carboxylic acid groups (broad SMARTS) is 1. The lowest BCUT2D eigenvalue weighted by Crippen LogP contribution is -2.14. The van der Waals surface area contributed by atoms with Gasteiger partial charge in [0.2, 0.25) is 0 Å². The van der Waals surface area contributed by atoms with Gasteiger partial charge in [-0.25, -0.2) is 13.2 Å². The van der Waals surface area contributed by atoms with Crippen molar-refractivity contribution in [2.45, 2.75) is 11.8 Å². The van der Waals surface area contributed by atoms with Crippen LogP contribution in [0.2, 0.25) is 0 Å². The Morgan fingerprint density at radius 1 is 1.45 bits per heavy atom. The molecule has 0 spiro atoms. The molecule has 2 aromatic rings. The average molecular weight is 378 g/mol. The monoisotopic (exact) mass is 377 g/mol. The molecule has 0 atom stereocenters. The number of sulfonamides is 1. The summed E-state index contributed by atoms with van der Waals surface area (Å²) in [6.45, 7) is 1.59. The number of nitrogens with one attached hydrogen (secondary N) is 1. The molecule has 2 N–H and O–H groups in total. The van der Waals surface area contributed by atoms with Crippen molar-refractivity contribution >= 4 is 48.5 Å². The number of hydrogen-bond donors (Lipinski definition) is 2. The fraction of sp³-hybridized carbons (Fsp3) is 0.100. The van der Waals surface area contributed by atoms with Crippen molar-refractivity contribution in [3.05, 3.63) is 33.9 Å². The highest BCUT2D eigenvalue weighted by molar-refractivity contribution is 9.10. The van der Waals surface area contributed by atoms with Gasteiger partial charge in [0.05, 0.1) is 16.7 Å². The Morgan fingerprint density at radius 3 is 2.70 bits per heavy atom. The van der Waals surface area contributed by atoms with E-state index in [4.69, 9.17) is 5.11 Å². The Bertz CT molecular complexity index is 759. The van der Waals surface area contributed by atoms with E-state index in [1.807, 2.05) is 0 Å². The third-order valence-electron chi connectivity index (χ3n) is 2.45. The van der Waals surface area contributed by atoms with Crippen molar-refractivity contribution in [3.8, 4) is 0 Å². The Morgan fingerprint density at radius 2 is 2.15 bits per heavy atom. The molecular formula is C10H8BrN3O4S2. The molecule has 0 aliphatic carbocycles. The number of aromatic nitrogens is 2. The molecule has 0 saturated carbocycles. The minimum Gasteiger partial charge on any atom is -0.478 e. The molecule has 0 fully saturated rings. The summed E-state index contributed by atoms with van der Waals surface area (Å²) in [5, 5.41) is 12.8.